The molecule has 0 aliphatic heterocycles. The van der Waals surface area contributed by atoms with Gasteiger partial charge < -0.3 is 0 Å². The Kier molecular flexibility index (Phi) is 3.93. The van der Waals surface area contributed by atoms with Crippen LogP contribution in [0.2, 0.25) is 0 Å². The fourth-order valence-corrected chi connectivity index (χ4v) is 1.54. The van der Waals surface area contributed by atoms with Crippen molar-refractivity contribution in [3.63, 3.8) is 0 Å². The highest BCUT2D eigenvalue weighted by Crippen LogP contribution is 2.17. The molecule has 0 N–H and O–H groups in total. The number of benzene rings is 1. The number of hydrogen-bond acceptors (Lipinski definition) is 2. The van der Waals surface area contributed by atoms with Gasteiger partial charge in [0.1, 0.15) is 5.82 Å². The Morgan fingerprint density at radius 1 is 1.38 bits per heavy atom. The van der Waals surface area contributed by atoms with E-state index in [4.69, 9.17) is 0 Å². The summed E-state index contributed by atoms with van der Waals surface area (Å²) in [6.07, 6.45) is 0.492. The van der Waals surface area contributed by atoms with Gasteiger partial charge in [-0.2, -0.15) is 0 Å². The van der Waals surface area contributed by atoms with E-state index in [0.717, 1.165) is 11.3 Å². The molecular formula is C13H16FNO. The van der Waals surface area contributed by atoms with Crippen molar-refractivity contribution in [1.82, 2.24) is 0 Å². The van der Waals surface area contributed by atoms with Gasteiger partial charge in [0, 0.05) is 24.7 Å². The Morgan fingerprint density at radius 2 is 2.00 bits per heavy atom. The van der Waals surface area contributed by atoms with Gasteiger partial charge in [0.05, 0.1) is 0 Å². The van der Waals surface area contributed by atoms with Crippen LogP contribution in [0.4, 0.5) is 4.39 Å². The van der Waals surface area contributed by atoms with Crippen LogP contribution >= 0.6 is 0 Å². The molecule has 0 aromatic heterocycles. The second kappa shape index (κ2) is 5.01. The molecule has 16 heavy (non-hydrogen) atoms. The van der Waals surface area contributed by atoms with Crippen molar-refractivity contribution in [3.05, 3.63) is 34.6 Å². The maximum atomic E-state index is 13.8. The first-order valence-electron chi connectivity index (χ1n) is 5.18. The second-order valence-electron chi connectivity index (χ2n) is 3.95. The number of carbonyl (C=O) groups excluding carboxylic acids is 1. The summed E-state index contributed by atoms with van der Waals surface area (Å²) < 4.78 is 13.8. The lowest BCUT2D eigenvalue weighted by Gasteiger charge is -2.08. The highest BCUT2D eigenvalue weighted by Gasteiger charge is 2.11. The standard InChI is InChI=1S/C13H16FNO/c1-8-5-11(10(3)16)7-13(14)12(8)6-9(2)15-4/h5,7H,6H2,1-4H3. The number of hydrogen-bond donors (Lipinski definition) is 0. The van der Waals surface area contributed by atoms with Crippen molar-refractivity contribution in [2.75, 3.05) is 7.05 Å². The molecule has 1 aromatic carbocycles. The zero-order chi connectivity index (χ0) is 12.3. The molecule has 0 bridgehead atoms. The second-order valence-corrected chi connectivity index (χ2v) is 3.95. The predicted octanol–water partition coefficient (Wildman–Crippen LogP) is 2.97. The Bertz CT molecular complexity index is 426. The van der Waals surface area contributed by atoms with Crippen LogP contribution in [0.25, 0.3) is 0 Å². The van der Waals surface area contributed by atoms with Crippen LogP contribution in [0.1, 0.15) is 35.3 Å². The van der Waals surface area contributed by atoms with Crippen molar-refractivity contribution in [1.29, 1.82) is 0 Å². The van der Waals surface area contributed by atoms with E-state index in [1.165, 1.54) is 13.0 Å². The fourth-order valence-electron chi connectivity index (χ4n) is 1.54. The maximum Gasteiger partial charge on any atom is 0.159 e. The molecule has 0 spiro atoms. The van der Waals surface area contributed by atoms with E-state index in [0.29, 0.717) is 17.5 Å². The van der Waals surface area contributed by atoms with Gasteiger partial charge >= 0.3 is 0 Å². The zero-order valence-electron chi connectivity index (χ0n) is 10.1. The van der Waals surface area contributed by atoms with Crippen LogP contribution in [0.3, 0.4) is 0 Å². The van der Waals surface area contributed by atoms with Crippen LogP contribution in [-0.2, 0) is 6.42 Å². The molecule has 0 heterocycles. The lowest BCUT2D eigenvalue weighted by atomic mass is 9.98. The summed E-state index contributed by atoms with van der Waals surface area (Å²) in [6.45, 7) is 5.11. The molecule has 0 fully saturated rings. The molecule has 0 saturated heterocycles. The van der Waals surface area contributed by atoms with Gasteiger partial charge in [0.2, 0.25) is 0 Å². The minimum atomic E-state index is -0.326. The molecule has 0 atom stereocenters. The molecule has 0 radical (unpaired) electrons. The topological polar surface area (TPSA) is 29.4 Å². The summed E-state index contributed by atoms with van der Waals surface area (Å²) in [5.41, 5.74) is 2.71. The molecule has 0 aliphatic carbocycles. The number of carbonyl (C=O) groups is 1. The minimum Gasteiger partial charge on any atom is -0.297 e. The van der Waals surface area contributed by atoms with Gasteiger partial charge in [0.25, 0.3) is 0 Å². The SMILES string of the molecule is CN=C(C)Cc1c(C)cc(C(C)=O)cc1F. The molecule has 2 nitrogen and oxygen atoms in total. The molecule has 0 unspecified atom stereocenters. The lowest BCUT2D eigenvalue weighted by molar-refractivity contribution is 0.101. The van der Waals surface area contributed by atoms with E-state index >= 15 is 0 Å². The summed E-state index contributed by atoms with van der Waals surface area (Å²) in [5.74, 6) is -0.442. The van der Waals surface area contributed by atoms with Crippen molar-refractivity contribution in [2.45, 2.75) is 27.2 Å². The minimum absolute atomic E-state index is 0.116. The first kappa shape index (κ1) is 12.6. The molecule has 0 saturated carbocycles. The van der Waals surface area contributed by atoms with Crippen LogP contribution < -0.4 is 0 Å². The monoisotopic (exact) mass is 221 g/mol. The summed E-state index contributed by atoms with van der Waals surface area (Å²) in [7, 11) is 1.69. The van der Waals surface area contributed by atoms with E-state index in [1.807, 2.05) is 13.8 Å². The molecule has 0 amide bonds. The molecular weight excluding hydrogens is 205 g/mol. The quantitative estimate of drug-likeness (QED) is 0.570. The van der Waals surface area contributed by atoms with E-state index in [2.05, 4.69) is 4.99 Å². The number of halogens is 1. The van der Waals surface area contributed by atoms with E-state index < -0.39 is 0 Å². The number of aryl methyl sites for hydroxylation is 1. The summed E-state index contributed by atoms with van der Waals surface area (Å²) >= 11 is 0. The van der Waals surface area contributed by atoms with Crippen molar-refractivity contribution >= 4 is 11.5 Å². The Labute approximate surface area is 95.2 Å². The average molecular weight is 221 g/mol. The third kappa shape index (κ3) is 2.75. The Morgan fingerprint density at radius 3 is 2.44 bits per heavy atom. The van der Waals surface area contributed by atoms with Gasteiger partial charge in [-0.05, 0) is 44.0 Å². The normalized spacial score (nSPS) is 11.7. The van der Waals surface area contributed by atoms with Crippen LogP contribution in [-0.4, -0.2) is 18.5 Å². The van der Waals surface area contributed by atoms with Crippen LogP contribution in [0.15, 0.2) is 17.1 Å². The van der Waals surface area contributed by atoms with Gasteiger partial charge in [-0.25, -0.2) is 4.39 Å². The number of rotatable bonds is 3. The molecule has 1 aromatic rings. The van der Waals surface area contributed by atoms with Gasteiger partial charge in [-0.3, -0.25) is 9.79 Å². The fraction of sp³-hybridized carbons (Fsp3) is 0.385. The maximum absolute atomic E-state index is 13.8. The largest absolute Gasteiger partial charge is 0.297 e. The number of ketones is 1. The highest BCUT2D eigenvalue weighted by molar-refractivity contribution is 5.94. The molecule has 1 rings (SSSR count). The third-order valence-electron chi connectivity index (χ3n) is 2.64. The van der Waals surface area contributed by atoms with Crippen molar-refractivity contribution in [3.8, 4) is 0 Å². The van der Waals surface area contributed by atoms with E-state index in [-0.39, 0.29) is 11.6 Å². The number of nitrogens with zero attached hydrogens (tertiary/aromatic N) is 1. The van der Waals surface area contributed by atoms with Crippen molar-refractivity contribution in [2.24, 2.45) is 4.99 Å². The van der Waals surface area contributed by atoms with Gasteiger partial charge in [0.15, 0.2) is 5.78 Å². The first-order chi connectivity index (χ1) is 7.45. The molecule has 3 heteroatoms. The van der Waals surface area contributed by atoms with Crippen LogP contribution in [0.5, 0.6) is 0 Å². The Balaban J connectivity index is 3.17. The number of aliphatic imine (C=N–C) groups is 1. The zero-order valence-corrected chi connectivity index (χ0v) is 10.1. The van der Waals surface area contributed by atoms with Crippen molar-refractivity contribution < 1.29 is 9.18 Å². The average Bonchev–Trinajstić information content (AvgIpc) is 2.22. The predicted molar refractivity (Wildman–Crippen MR) is 63.9 cm³/mol. The molecule has 0 aliphatic rings. The summed E-state index contributed by atoms with van der Waals surface area (Å²) in [5, 5.41) is 0. The van der Waals surface area contributed by atoms with Gasteiger partial charge in [-0.1, -0.05) is 0 Å². The Hall–Kier alpha value is -1.51. The van der Waals surface area contributed by atoms with E-state index in [9.17, 15) is 9.18 Å². The highest BCUT2D eigenvalue weighted by atomic mass is 19.1. The summed E-state index contributed by atoms with van der Waals surface area (Å²) in [4.78, 5) is 15.2. The first-order valence-corrected chi connectivity index (χ1v) is 5.18. The summed E-state index contributed by atoms with van der Waals surface area (Å²) in [6, 6.07) is 3.03. The van der Waals surface area contributed by atoms with Gasteiger partial charge in [-0.15, -0.1) is 0 Å². The third-order valence-corrected chi connectivity index (χ3v) is 2.64. The van der Waals surface area contributed by atoms with Crippen LogP contribution in [0, 0.1) is 12.7 Å². The molecule has 86 valence electrons. The number of Topliss-reactive ketones (excluding diaryl/α,β-unsaturated/α-hetero) is 1. The smallest absolute Gasteiger partial charge is 0.159 e. The lowest BCUT2D eigenvalue weighted by Crippen LogP contribution is -2.05. The van der Waals surface area contributed by atoms with E-state index in [1.54, 1.807) is 13.1 Å².